The van der Waals surface area contributed by atoms with Crippen LogP contribution in [-0.2, 0) is 0 Å². The second-order valence-corrected chi connectivity index (χ2v) is 4.64. The fraction of sp³-hybridized carbons (Fsp3) is 0.0625. The monoisotopic (exact) mass is 299 g/mol. The predicted octanol–water partition coefficient (Wildman–Crippen LogP) is 2.64. The lowest BCUT2D eigenvalue weighted by molar-refractivity contribution is 0.0682. The van der Waals surface area contributed by atoms with Crippen molar-refractivity contribution < 1.29 is 24.6 Å². The molecule has 6 heteroatoms. The van der Waals surface area contributed by atoms with Crippen molar-refractivity contribution in [2.45, 2.75) is 6.92 Å². The lowest BCUT2D eigenvalue weighted by atomic mass is 10.1. The highest BCUT2D eigenvalue weighted by molar-refractivity contribution is 6.09. The van der Waals surface area contributed by atoms with Crippen LogP contribution in [0.2, 0.25) is 0 Å². The number of amides is 1. The number of anilines is 1. The third-order valence-corrected chi connectivity index (χ3v) is 3.13. The molecular weight excluding hydrogens is 286 g/mol. The summed E-state index contributed by atoms with van der Waals surface area (Å²) in [5, 5.41) is 20.6. The molecule has 0 fully saturated rings. The van der Waals surface area contributed by atoms with Gasteiger partial charge in [0.1, 0.15) is 0 Å². The Morgan fingerprint density at radius 1 is 0.909 bits per heavy atom. The summed E-state index contributed by atoms with van der Waals surface area (Å²) in [5.74, 6) is -2.96. The van der Waals surface area contributed by atoms with Crippen molar-refractivity contribution in [3.63, 3.8) is 0 Å². The van der Waals surface area contributed by atoms with Crippen molar-refractivity contribution in [3.8, 4) is 0 Å². The number of carboxylic acids is 2. The minimum absolute atomic E-state index is 0.0550. The third kappa shape index (κ3) is 3.12. The molecule has 0 atom stereocenters. The van der Waals surface area contributed by atoms with Crippen LogP contribution in [0.15, 0.2) is 42.5 Å². The summed E-state index contributed by atoms with van der Waals surface area (Å²) in [7, 11) is 0. The Bertz CT molecular complexity index is 767. The quantitative estimate of drug-likeness (QED) is 0.805. The fourth-order valence-electron chi connectivity index (χ4n) is 1.98. The van der Waals surface area contributed by atoms with Crippen molar-refractivity contribution in [3.05, 3.63) is 64.7 Å². The van der Waals surface area contributed by atoms with E-state index < -0.39 is 17.8 Å². The molecule has 0 heterocycles. The summed E-state index contributed by atoms with van der Waals surface area (Å²) in [6.07, 6.45) is 0. The van der Waals surface area contributed by atoms with Gasteiger partial charge in [-0.25, -0.2) is 9.59 Å². The maximum Gasteiger partial charge on any atom is 0.337 e. The van der Waals surface area contributed by atoms with Gasteiger partial charge in [-0.3, -0.25) is 4.79 Å². The van der Waals surface area contributed by atoms with E-state index in [1.54, 1.807) is 31.2 Å². The highest BCUT2D eigenvalue weighted by Crippen LogP contribution is 2.20. The van der Waals surface area contributed by atoms with Gasteiger partial charge in [0.25, 0.3) is 5.91 Å². The van der Waals surface area contributed by atoms with E-state index in [2.05, 4.69) is 5.32 Å². The van der Waals surface area contributed by atoms with Crippen molar-refractivity contribution in [2.24, 2.45) is 0 Å². The van der Waals surface area contributed by atoms with E-state index in [4.69, 9.17) is 10.2 Å². The predicted molar refractivity (Wildman–Crippen MR) is 79.5 cm³/mol. The van der Waals surface area contributed by atoms with Gasteiger partial charge >= 0.3 is 11.9 Å². The Labute approximate surface area is 126 Å². The molecule has 112 valence electrons. The molecule has 0 aliphatic carbocycles. The van der Waals surface area contributed by atoms with Gasteiger partial charge in [-0.1, -0.05) is 18.2 Å². The summed E-state index contributed by atoms with van der Waals surface area (Å²) in [4.78, 5) is 34.4. The van der Waals surface area contributed by atoms with E-state index in [9.17, 15) is 14.4 Å². The lowest BCUT2D eigenvalue weighted by Crippen LogP contribution is -2.16. The summed E-state index contributed by atoms with van der Waals surface area (Å²) >= 11 is 0. The van der Waals surface area contributed by atoms with E-state index >= 15 is 0 Å². The van der Waals surface area contributed by atoms with Gasteiger partial charge in [-0.15, -0.1) is 0 Å². The molecule has 6 nitrogen and oxygen atoms in total. The Hall–Kier alpha value is -3.15. The number of hydrogen-bond acceptors (Lipinski definition) is 3. The summed E-state index contributed by atoms with van der Waals surface area (Å²) in [6.45, 7) is 1.75. The highest BCUT2D eigenvalue weighted by Gasteiger charge is 2.17. The number of nitrogens with one attached hydrogen (secondary N) is 1. The van der Waals surface area contributed by atoms with Crippen LogP contribution in [0.5, 0.6) is 0 Å². The molecule has 22 heavy (non-hydrogen) atoms. The van der Waals surface area contributed by atoms with Gasteiger partial charge in [0.05, 0.1) is 16.8 Å². The van der Waals surface area contributed by atoms with E-state index in [1.165, 1.54) is 6.07 Å². The Kier molecular flexibility index (Phi) is 4.22. The largest absolute Gasteiger partial charge is 0.478 e. The van der Waals surface area contributed by atoms with Gasteiger partial charge in [0.15, 0.2) is 0 Å². The molecule has 2 rings (SSSR count). The van der Waals surface area contributed by atoms with Gasteiger partial charge in [0, 0.05) is 5.56 Å². The number of aryl methyl sites for hydroxylation is 1. The van der Waals surface area contributed by atoms with Crippen LogP contribution >= 0.6 is 0 Å². The first-order valence-electron chi connectivity index (χ1n) is 6.37. The van der Waals surface area contributed by atoms with Crippen LogP contribution in [0.3, 0.4) is 0 Å². The lowest BCUT2D eigenvalue weighted by Gasteiger charge is -2.11. The summed E-state index contributed by atoms with van der Waals surface area (Å²) < 4.78 is 0. The number of rotatable bonds is 4. The second kappa shape index (κ2) is 6.09. The molecular formula is C16H13NO5. The third-order valence-electron chi connectivity index (χ3n) is 3.13. The molecule has 0 aliphatic rings. The molecule has 0 radical (unpaired) electrons. The molecule has 0 saturated carbocycles. The average Bonchev–Trinajstić information content (AvgIpc) is 2.47. The molecule has 2 aromatic rings. The number of benzene rings is 2. The first kappa shape index (κ1) is 15.2. The van der Waals surface area contributed by atoms with Crippen LogP contribution in [0.4, 0.5) is 5.69 Å². The fourth-order valence-corrected chi connectivity index (χ4v) is 1.98. The zero-order chi connectivity index (χ0) is 16.3. The molecule has 1 amide bonds. The zero-order valence-corrected chi connectivity index (χ0v) is 11.7. The number of hydrogen-bond donors (Lipinski definition) is 3. The molecule has 0 aromatic heterocycles. The van der Waals surface area contributed by atoms with Crippen LogP contribution in [-0.4, -0.2) is 28.1 Å². The van der Waals surface area contributed by atoms with Crippen LogP contribution in [0, 0.1) is 6.92 Å². The normalized spacial score (nSPS) is 10.0. The smallest absolute Gasteiger partial charge is 0.337 e. The van der Waals surface area contributed by atoms with Crippen molar-refractivity contribution >= 4 is 23.5 Å². The van der Waals surface area contributed by atoms with Crippen molar-refractivity contribution in [1.82, 2.24) is 0 Å². The number of carbonyl (C=O) groups excluding carboxylic acids is 1. The van der Waals surface area contributed by atoms with E-state index in [0.29, 0.717) is 5.56 Å². The molecule has 2 aromatic carbocycles. The van der Waals surface area contributed by atoms with Crippen LogP contribution in [0.25, 0.3) is 0 Å². The average molecular weight is 299 g/mol. The second-order valence-electron chi connectivity index (χ2n) is 4.64. The zero-order valence-electron chi connectivity index (χ0n) is 11.7. The SMILES string of the molecule is Cc1ccccc1C(=O)Nc1cc(C(=O)O)ccc1C(=O)O. The molecule has 0 bridgehead atoms. The Morgan fingerprint density at radius 3 is 2.18 bits per heavy atom. The van der Waals surface area contributed by atoms with Crippen LogP contribution < -0.4 is 5.32 Å². The Morgan fingerprint density at radius 2 is 1.59 bits per heavy atom. The topological polar surface area (TPSA) is 104 Å². The maximum absolute atomic E-state index is 12.2. The number of aromatic carboxylic acids is 2. The molecule has 0 saturated heterocycles. The maximum atomic E-state index is 12.2. The molecule has 0 spiro atoms. The molecule has 0 aliphatic heterocycles. The van der Waals surface area contributed by atoms with Gasteiger partial charge in [-0.2, -0.15) is 0 Å². The Balaban J connectivity index is 2.41. The number of carbonyl (C=O) groups is 3. The van der Waals surface area contributed by atoms with Gasteiger partial charge in [-0.05, 0) is 36.8 Å². The highest BCUT2D eigenvalue weighted by atomic mass is 16.4. The van der Waals surface area contributed by atoms with E-state index in [0.717, 1.165) is 17.7 Å². The van der Waals surface area contributed by atoms with Gasteiger partial charge in [0.2, 0.25) is 0 Å². The first-order valence-corrected chi connectivity index (χ1v) is 6.37. The van der Waals surface area contributed by atoms with Crippen molar-refractivity contribution in [1.29, 1.82) is 0 Å². The summed E-state index contributed by atoms with van der Waals surface area (Å²) in [6, 6.07) is 10.3. The molecule has 0 unspecified atom stereocenters. The van der Waals surface area contributed by atoms with Crippen LogP contribution in [0.1, 0.15) is 36.6 Å². The minimum Gasteiger partial charge on any atom is -0.478 e. The first-order chi connectivity index (χ1) is 10.4. The summed E-state index contributed by atoms with van der Waals surface area (Å²) in [5.41, 5.74) is 0.781. The van der Waals surface area contributed by atoms with E-state index in [-0.39, 0.29) is 16.8 Å². The molecule has 3 N–H and O–H groups in total. The van der Waals surface area contributed by atoms with Gasteiger partial charge < -0.3 is 15.5 Å². The van der Waals surface area contributed by atoms with Crippen molar-refractivity contribution in [2.75, 3.05) is 5.32 Å². The van der Waals surface area contributed by atoms with E-state index in [1.807, 2.05) is 0 Å². The standard InChI is InChI=1S/C16H13NO5/c1-9-4-2-3-5-11(9)14(18)17-13-8-10(15(19)20)6-7-12(13)16(21)22/h2-8H,1H3,(H,17,18)(H,19,20)(H,21,22). The minimum atomic E-state index is -1.25. The number of carboxylic acid groups (broad SMARTS) is 2.